The molecule has 2 atom stereocenters. The number of hydrogen-bond donors (Lipinski definition) is 1. The van der Waals surface area contributed by atoms with E-state index in [0.29, 0.717) is 0 Å². The average Bonchev–Trinajstić information content (AvgIpc) is 2.96. The highest BCUT2D eigenvalue weighted by molar-refractivity contribution is 7.99. The van der Waals surface area contributed by atoms with Crippen molar-refractivity contribution in [3.63, 3.8) is 0 Å². The molecule has 3 fully saturated rings. The van der Waals surface area contributed by atoms with Crippen molar-refractivity contribution >= 4 is 11.8 Å². The van der Waals surface area contributed by atoms with Crippen LogP contribution in [-0.2, 0) is 4.74 Å². The number of piperidine rings is 1. The Morgan fingerprint density at radius 2 is 2.14 bits per heavy atom. The van der Waals surface area contributed by atoms with E-state index in [1.807, 2.05) is 0 Å². The SMILES string of the molecule is CCCNCC1CCN(C2CCOC3(CCSC3)C2)CC1. The smallest absolute Gasteiger partial charge is 0.0795 e. The molecular formula is C17H32N2OS. The van der Waals surface area contributed by atoms with Gasteiger partial charge < -0.3 is 15.0 Å². The van der Waals surface area contributed by atoms with Gasteiger partial charge in [-0.1, -0.05) is 6.92 Å². The molecule has 1 N–H and O–H groups in total. The van der Waals surface area contributed by atoms with Crippen LogP contribution in [0.25, 0.3) is 0 Å². The number of nitrogens with zero attached hydrogens (tertiary/aromatic N) is 1. The predicted octanol–water partition coefficient (Wildman–Crippen LogP) is 2.75. The fraction of sp³-hybridized carbons (Fsp3) is 1.00. The Balaban J connectivity index is 1.43. The molecule has 3 heterocycles. The van der Waals surface area contributed by atoms with Gasteiger partial charge in [-0.05, 0) is 76.4 Å². The van der Waals surface area contributed by atoms with Crippen LogP contribution in [-0.4, -0.2) is 60.8 Å². The Labute approximate surface area is 134 Å². The summed E-state index contributed by atoms with van der Waals surface area (Å²) >= 11 is 2.09. The summed E-state index contributed by atoms with van der Waals surface area (Å²) in [7, 11) is 0. The van der Waals surface area contributed by atoms with Gasteiger partial charge in [0.1, 0.15) is 0 Å². The predicted molar refractivity (Wildman–Crippen MR) is 91.1 cm³/mol. The molecule has 21 heavy (non-hydrogen) atoms. The van der Waals surface area contributed by atoms with E-state index in [-0.39, 0.29) is 5.60 Å². The lowest BCUT2D eigenvalue weighted by Gasteiger charge is -2.45. The quantitative estimate of drug-likeness (QED) is 0.789. The van der Waals surface area contributed by atoms with Crippen LogP contribution >= 0.6 is 11.8 Å². The first-order chi connectivity index (χ1) is 10.3. The number of rotatable bonds is 5. The van der Waals surface area contributed by atoms with Gasteiger partial charge in [-0.25, -0.2) is 0 Å². The Morgan fingerprint density at radius 3 is 2.86 bits per heavy atom. The van der Waals surface area contributed by atoms with E-state index >= 15 is 0 Å². The van der Waals surface area contributed by atoms with Crippen molar-refractivity contribution in [2.24, 2.45) is 5.92 Å². The molecule has 0 radical (unpaired) electrons. The highest BCUT2D eigenvalue weighted by Crippen LogP contribution is 2.40. The van der Waals surface area contributed by atoms with Crippen LogP contribution in [0.3, 0.4) is 0 Å². The molecule has 0 aliphatic carbocycles. The third kappa shape index (κ3) is 4.15. The molecular weight excluding hydrogens is 280 g/mol. The standard InChI is InChI=1S/C17H32N2OS/c1-2-7-18-13-15-3-8-19(9-4-15)16-5-10-20-17(12-16)6-11-21-14-17/h15-16,18H,2-14H2,1H3. The lowest BCUT2D eigenvalue weighted by atomic mass is 9.87. The van der Waals surface area contributed by atoms with Gasteiger partial charge in [-0.3, -0.25) is 0 Å². The van der Waals surface area contributed by atoms with Gasteiger partial charge >= 0.3 is 0 Å². The van der Waals surface area contributed by atoms with Crippen LogP contribution in [0.1, 0.15) is 45.4 Å². The number of ether oxygens (including phenoxy) is 1. The fourth-order valence-corrected chi connectivity index (χ4v) is 5.56. The maximum absolute atomic E-state index is 6.18. The van der Waals surface area contributed by atoms with Crippen molar-refractivity contribution in [3.05, 3.63) is 0 Å². The van der Waals surface area contributed by atoms with E-state index in [2.05, 4.69) is 28.9 Å². The zero-order chi connectivity index (χ0) is 14.5. The molecule has 3 aliphatic heterocycles. The summed E-state index contributed by atoms with van der Waals surface area (Å²) in [6, 6.07) is 0.794. The molecule has 122 valence electrons. The zero-order valence-electron chi connectivity index (χ0n) is 13.6. The van der Waals surface area contributed by atoms with Crippen LogP contribution in [0, 0.1) is 5.92 Å². The molecule has 3 rings (SSSR count). The van der Waals surface area contributed by atoms with Crippen LogP contribution in [0.2, 0.25) is 0 Å². The van der Waals surface area contributed by atoms with Crippen LogP contribution < -0.4 is 5.32 Å². The van der Waals surface area contributed by atoms with Gasteiger partial charge in [-0.2, -0.15) is 11.8 Å². The second-order valence-electron chi connectivity index (χ2n) is 7.16. The zero-order valence-corrected chi connectivity index (χ0v) is 14.4. The minimum Gasteiger partial charge on any atom is -0.374 e. The number of nitrogens with one attached hydrogen (secondary N) is 1. The molecule has 0 aromatic heterocycles. The first-order valence-electron chi connectivity index (χ1n) is 8.98. The molecule has 1 spiro atoms. The van der Waals surface area contributed by atoms with Crippen LogP contribution in [0.4, 0.5) is 0 Å². The fourth-order valence-electron chi connectivity index (χ4n) is 4.18. The third-order valence-electron chi connectivity index (χ3n) is 5.56. The molecule has 3 aliphatic rings. The highest BCUT2D eigenvalue weighted by Gasteiger charge is 2.42. The summed E-state index contributed by atoms with van der Waals surface area (Å²) in [5, 5.41) is 3.60. The molecule has 0 aromatic rings. The summed E-state index contributed by atoms with van der Waals surface area (Å²) in [5.41, 5.74) is 0.243. The summed E-state index contributed by atoms with van der Waals surface area (Å²) in [5.74, 6) is 3.45. The van der Waals surface area contributed by atoms with E-state index < -0.39 is 0 Å². The van der Waals surface area contributed by atoms with Gasteiger partial charge in [0.15, 0.2) is 0 Å². The topological polar surface area (TPSA) is 24.5 Å². The minimum absolute atomic E-state index is 0.243. The normalized spacial score (nSPS) is 35.6. The molecule has 3 saturated heterocycles. The van der Waals surface area contributed by atoms with E-state index in [4.69, 9.17) is 4.74 Å². The van der Waals surface area contributed by atoms with Crippen LogP contribution in [0.5, 0.6) is 0 Å². The van der Waals surface area contributed by atoms with Crippen molar-refractivity contribution in [2.45, 2.75) is 57.1 Å². The maximum Gasteiger partial charge on any atom is 0.0795 e. The van der Waals surface area contributed by atoms with E-state index in [0.717, 1.165) is 18.6 Å². The van der Waals surface area contributed by atoms with E-state index in [1.165, 1.54) is 76.2 Å². The Bertz CT molecular complexity index is 312. The highest BCUT2D eigenvalue weighted by atomic mass is 32.2. The Hall–Kier alpha value is 0.230. The summed E-state index contributed by atoms with van der Waals surface area (Å²) in [6.45, 7) is 8.27. The first-order valence-corrected chi connectivity index (χ1v) is 10.1. The van der Waals surface area contributed by atoms with Crippen LogP contribution in [0.15, 0.2) is 0 Å². The lowest BCUT2D eigenvalue weighted by molar-refractivity contribution is -0.0928. The Kier molecular flexibility index (Phi) is 5.88. The van der Waals surface area contributed by atoms with Crippen molar-refractivity contribution in [3.8, 4) is 0 Å². The average molecular weight is 313 g/mol. The minimum atomic E-state index is 0.243. The molecule has 0 aromatic carbocycles. The largest absolute Gasteiger partial charge is 0.374 e. The monoisotopic (exact) mass is 312 g/mol. The van der Waals surface area contributed by atoms with Gasteiger partial charge in [0, 0.05) is 18.4 Å². The Morgan fingerprint density at radius 1 is 1.29 bits per heavy atom. The first kappa shape index (κ1) is 16.1. The van der Waals surface area contributed by atoms with Gasteiger partial charge in [0.25, 0.3) is 0 Å². The van der Waals surface area contributed by atoms with Gasteiger partial charge in [0.2, 0.25) is 0 Å². The number of hydrogen-bond acceptors (Lipinski definition) is 4. The van der Waals surface area contributed by atoms with Gasteiger partial charge in [0.05, 0.1) is 5.60 Å². The third-order valence-corrected chi connectivity index (χ3v) is 6.78. The van der Waals surface area contributed by atoms with E-state index in [1.54, 1.807) is 0 Å². The summed E-state index contributed by atoms with van der Waals surface area (Å²) in [4.78, 5) is 2.78. The molecule has 3 nitrogen and oxygen atoms in total. The van der Waals surface area contributed by atoms with Crippen molar-refractivity contribution in [2.75, 3.05) is 44.3 Å². The second-order valence-corrected chi connectivity index (χ2v) is 8.27. The summed E-state index contributed by atoms with van der Waals surface area (Å²) in [6.07, 6.45) is 7.85. The summed E-state index contributed by atoms with van der Waals surface area (Å²) < 4.78 is 6.18. The molecule has 0 bridgehead atoms. The lowest BCUT2D eigenvalue weighted by Crippen LogP contribution is -2.51. The van der Waals surface area contributed by atoms with Crippen molar-refractivity contribution in [1.82, 2.24) is 10.2 Å². The molecule has 4 heteroatoms. The molecule has 0 amide bonds. The maximum atomic E-state index is 6.18. The number of likely N-dealkylation sites (tertiary alicyclic amines) is 1. The van der Waals surface area contributed by atoms with Gasteiger partial charge in [-0.15, -0.1) is 0 Å². The molecule has 2 unspecified atom stereocenters. The number of thioether (sulfide) groups is 1. The second kappa shape index (κ2) is 7.67. The van der Waals surface area contributed by atoms with Crippen molar-refractivity contribution in [1.29, 1.82) is 0 Å². The van der Waals surface area contributed by atoms with Crippen molar-refractivity contribution < 1.29 is 4.74 Å². The van der Waals surface area contributed by atoms with E-state index in [9.17, 15) is 0 Å². The molecule has 0 saturated carbocycles.